The molecule has 0 aliphatic carbocycles. The van der Waals surface area contributed by atoms with E-state index in [1.54, 1.807) is 0 Å². The number of hydrogen-bond acceptors (Lipinski definition) is 4. The van der Waals surface area contributed by atoms with Crippen LogP contribution >= 0.6 is 0 Å². The standard InChI is InChI=1S/C9H15N3O3/c10-5-1-2-7(13)12-9(15)6-3-4-8(14)11-6/h6H,1-5,10H2,(H,11,14)(H,12,13,15)/t6-/m0/s1. The Morgan fingerprint density at radius 3 is 2.80 bits per heavy atom. The molecule has 1 heterocycles. The first-order chi connectivity index (χ1) is 7.13. The van der Waals surface area contributed by atoms with Crippen molar-refractivity contribution in [1.82, 2.24) is 10.6 Å². The van der Waals surface area contributed by atoms with Crippen molar-refractivity contribution in [1.29, 1.82) is 0 Å². The van der Waals surface area contributed by atoms with Gasteiger partial charge in [0.1, 0.15) is 6.04 Å². The fourth-order valence-electron chi connectivity index (χ4n) is 1.36. The van der Waals surface area contributed by atoms with Gasteiger partial charge in [-0.15, -0.1) is 0 Å². The summed E-state index contributed by atoms with van der Waals surface area (Å²) in [5.41, 5.74) is 5.23. The van der Waals surface area contributed by atoms with Gasteiger partial charge in [0.15, 0.2) is 0 Å². The second kappa shape index (κ2) is 5.45. The highest BCUT2D eigenvalue weighted by atomic mass is 16.2. The van der Waals surface area contributed by atoms with Gasteiger partial charge in [-0.2, -0.15) is 0 Å². The highest BCUT2D eigenvalue weighted by molar-refractivity contribution is 6.00. The van der Waals surface area contributed by atoms with Crippen molar-refractivity contribution in [3.63, 3.8) is 0 Å². The third-order valence-corrected chi connectivity index (χ3v) is 2.18. The summed E-state index contributed by atoms with van der Waals surface area (Å²) < 4.78 is 0. The largest absolute Gasteiger partial charge is 0.344 e. The van der Waals surface area contributed by atoms with Gasteiger partial charge >= 0.3 is 0 Å². The molecule has 0 unspecified atom stereocenters. The maximum absolute atomic E-state index is 11.4. The quantitative estimate of drug-likeness (QED) is 0.537. The summed E-state index contributed by atoms with van der Waals surface area (Å²) in [6.07, 6.45) is 1.59. The second-order valence-corrected chi connectivity index (χ2v) is 3.46. The first-order valence-corrected chi connectivity index (χ1v) is 4.96. The van der Waals surface area contributed by atoms with Gasteiger partial charge in [-0.1, -0.05) is 0 Å². The maximum atomic E-state index is 11.4. The van der Waals surface area contributed by atoms with Crippen LogP contribution in [0.2, 0.25) is 0 Å². The zero-order valence-electron chi connectivity index (χ0n) is 8.41. The fraction of sp³-hybridized carbons (Fsp3) is 0.667. The normalized spacial score (nSPS) is 19.8. The molecule has 0 radical (unpaired) electrons. The molecule has 4 N–H and O–H groups in total. The van der Waals surface area contributed by atoms with Crippen molar-refractivity contribution in [3.05, 3.63) is 0 Å². The minimum absolute atomic E-state index is 0.149. The first-order valence-electron chi connectivity index (χ1n) is 4.96. The molecule has 1 atom stereocenters. The lowest BCUT2D eigenvalue weighted by atomic mass is 10.2. The predicted octanol–water partition coefficient (Wildman–Crippen LogP) is -1.35. The van der Waals surface area contributed by atoms with Crippen molar-refractivity contribution >= 4 is 17.7 Å². The van der Waals surface area contributed by atoms with Gasteiger partial charge in [0.2, 0.25) is 17.7 Å². The number of imide groups is 1. The van der Waals surface area contributed by atoms with Crippen LogP contribution in [0.5, 0.6) is 0 Å². The lowest BCUT2D eigenvalue weighted by Gasteiger charge is -2.09. The van der Waals surface area contributed by atoms with Gasteiger partial charge in [-0.05, 0) is 19.4 Å². The molecule has 0 aromatic rings. The summed E-state index contributed by atoms with van der Waals surface area (Å²) in [5, 5.41) is 4.72. The van der Waals surface area contributed by atoms with E-state index in [2.05, 4.69) is 10.6 Å². The summed E-state index contributed by atoms with van der Waals surface area (Å²) in [6, 6.07) is -0.556. The molecule has 0 bridgehead atoms. The summed E-state index contributed by atoms with van der Waals surface area (Å²) in [7, 11) is 0. The van der Waals surface area contributed by atoms with E-state index in [0.29, 0.717) is 25.8 Å². The smallest absolute Gasteiger partial charge is 0.249 e. The molecule has 84 valence electrons. The van der Waals surface area contributed by atoms with Crippen LogP contribution < -0.4 is 16.4 Å². The molecule has 1 fully saturated rings. The molecule has 6 heteroatoms. The molecule has 0 spiro atoms. The van der Waals surface area contributed by atoms with Crippen molar-refractivity contribution in [2.24, 2.45) is 5.73 Å². The number of carbonyl (C=O) groups is 3. The van der Waals surface area contributed by atoms with E-state index in [-0.39, 0.29) is 18.2 Å². The zero-order chi connectivity index (χ0) is 11.3. The Hall–Kier alpha value is -1.43. The molecular weight excluding hydrogens is 198 g/mol. The van der Waals surface area contributed by atoms with E-state index in [9.17, 15) is 14.4 Å². The molecule has 1 aliphatic heterocycles. The number of amides is 3. The van der Waals surface area contributed by atoms with Crippen LogP contribution in [-0.2, 0) is 14.4 Å². The molecule has 0 saturated carbocycles. The second-order valence-electron chi connectivity index (χ2n) is 3.46. The van der Waals surface area contributed by atoms with Gasteiger partial charge in [-0.3, -0.25) is 19.7 Å². The Bertz CT molecular complexity index is 278. The third-order valence-electron chi connectivity index (χ3n) is 2.18. The Morgan fingerprint density at radius 1 is 1.53 bits per heavy atom. The SMILES string of the molecule is NCCCC(=O)NC(=O)[C@@H]1CCC(=O)N1. The summed E-state index contributed by atoms with van der Waals surface area (Å²) in [5.74, 6) is -0.918. The van der Waals surface area contributed by atoms with E-state index >= 15 is 0 Å². The van der Waals surface area contributed by atoms with Crippen molar-refractivity contribution < 1.29 is 14.4 Å². The minimum Gasteiger partial charge on any atom is -0.344 e. The molecule has 0 aromatic carbocycles. The van der Waals surface area contributed by atoms with Gasteiger partial charge in [0.05, 0.1) is 0 Å². The molecule has 1 rings (SSSR count). The monoisotopic (exact) mass is 213 g/mol. The average molecular weight is 213 g/mol. The third kappa shape index (κ3) is 3.67. The van der Waals surface area contributed by atoms with Crippen LogP contribution in [-0.4, -0.2) is 30.3 Å². The van der Waals surface area contributed by atoms with Crippen molar-refractivity contribution in [2.45, 2.75) is 31.7 Å². The van der Waals surface area contributed by atoms with Crippen LogP contribution in [0.25, 0.3) is 0 Å². The zero-order valence-corrected chi connectivity index (χ0v) is 8.41. The van der Waals surface area contributed by atoms with E-state index in [1.807, 2.05) is 0 Å². The van der Waals surface area contributed by atoms with E-state index in [4.69, 9.17) is 5.73 Å². The topological polar surface area (TPSA) is 101 Å². The number of rotatable bonds is 4. The van der Waals surface area contributed by atoms with Gasteiger partial charge < -0.3 is 11.1 Å². The molecule has 1 aliphatic rings. The maximum Gasteiger partial charge on any atom is 0.249 e. The van der Waals surface area contributed by atoms with E-state index < -0.39 is 11.9 Å². The van der Waals surface area contributed by atoms with Gasteiger partial charge in [0.25, 0.3) is 0 Å². The lowest BCUT2D eigenvalue weighted by Crippen LogP contribution is -2.44. The van der Waals surface area contributed by atoms with E-state index in [1.165, 1.54) is 0 Å². The summed E-state index contributed by atoms with van der Waals surface area (Å²) >= 11 is 0. The number of carbonyl (C=O) groups excluding carboxylic acids is 3. The fourth-order valence-corrected chi connectivity index (χ4v) is 1.36. The predicted molar refractivity (Wildman–Crippen MR) is 52.6 cm³/mol. The van der Waals surface area contributed by atoms with Crippen LogP contribution in [0, 0.1) is 0 Å². The summed E-state index contributed by atoms with van der Waals surface area (Å²) in [4.78, 5) is 33.4. The number of hydrogen-bond donors (Lipinski definition) is 3. The number of nitrogens with two attached hydrogens (primary N) is 1. The lowest BCUT2D eigenvalue weighted by molar-refractivity contribution is -0.132. The number of nitrogens with one attached hydrogen (secondary N) is 2. The van der Waals surface area contributed by atoms with Crippen LogP contribution in [0.15, 0.2) is 0 Å². The molecule has 3 amide bonds. The van der Waals surface area contributed by atoms with E-state index in [0.717, 1.165) is 0 Å². The highest BCUT2D eigenvalue weighted by Gasteiger charge is 2.27. The molecule has 0 aromatic heterocycles. The summed E-state index contributed by atoms with van der Waals surface area (Å²) in [6.45, 7) is 0.418. The van der Waals surface area contributed by atoms with Crippen molar-refractivity contribution in [2.75, 3.05) is 6.54 Å². The average Bonchev–Trinajstić information content (AvgIpc) is 2.61. The Kier molecular flexibility index (Phi) is 4.23. The van der Waals surface area contributed by atoms with Gasteiger partial charge in [-0.25, -0.2) is 0 Å². The van der Waals surface area contributed by atoms with Crippen LogP contribution in [0.3, 0.4) is 0 Å². The molecule has 15 heavy (non-hydrogen) atoms. The van der Waals surface area contributed by atoms with Gasteiger partial charge in [0, 0.05) is 12.8 Å². The highest BCUT2D eigenvalue weighted by Crippen LogP contribution is 2.06. The van der Waals surface area contributed by atoms with Crippen molar-refractivity contribution in [3.8, 4) is 0 Å². The molecule has 1 saturated heterocycles. The Labute approximate surface area is 87.6 Å². The molecule has 6 nitrogen and oxygen atoms in total. The first kappa shape index (κ1) is 11.6. The Morgan fingerprint density at radius 2 is 2.27 bits per heavy atom. The van der Waals surface area contributed by atoms with Crippen LogP contribution in [0.1, 0.15) is 25.7 Å². The minimum atomic E-state index is -0.556. The van der Waals surface area contributed by atoms with Crippen LogP contribution in [0.4, 0.5) is 0 Å². The molecular formula is C9H15N3O3. The Balaban J connectivity index is 2.29.